The van der Waals surface area contributed by atoms with Gasteiger partial charge in [-0.25, -0.2) is 0 Å². The molecule has 2 N–H and O–H groups in total. The Morgan fingerprint density at radius 3 is 2.94 bits per heavy atom. The second-order valence-electron chi connectivity index (χ2n) is 5.16. The monoisotopic (exact) mass is 225 g/mol. The molecule has 0 aromatic carbocycles. The fourth-order valence-corrected chi connectivity index (χ4v) is 2.64. The molecule has 2 saturated heterocycles. The minimum absolute atomic E-state index is 0.0629. The smallest absolute Gasteiger partial charge is 0.237 e. The molecule has 0 saturated carbocycles. The Morgan fingerprint density at radius 2 is 2.31 bits per heavy atom. The van der Waals surface area contributed by atoms with Crippen LogP contribution in [0.2, 0.25) is 0 Å². The van der Waals surface area contributed by atoms with Crippen LogP contribution >= 0.6 is 0 Å². The number of hydrogen-bond acceptors (Lipinski definition) is 3. The number of hydrogen-bond donors (Lipinski definition) is 2. The molecule has 4 nitrogen and oxygen atoms in total. The highest BCUT2D eigenvalue weighted by Gasteiger charge is 2.23. The van der Waals surface area contributed by atoms with E-state index < -0.39 is 0 Å². The van der Waals surface area contributed by atoms with Crippen molar-refractivity contribution >= 4 is 5.91 Å². The average Bonchev–Trinajstić information content (AvgIpc) is 2.73. The summed E-state index contributed by atoms with van der Waals surface area (Å²) >= 11 is 0. The van der Waals surface area contributed by atoms with Gasteiger partial charge < -0.3 is 15.5 Å². The predicted octanol–water partition coefficient (Wildman–Crippen LogP) is 0.196. The second-order valence-corrected chi connectivity index (χ2v) is 5.16. The van der Waals surface area contributed by atoms with Crippen LogP contribution < -0.4 is 10.6 Å². The van der Waals surface area contributed by atoms with E-state index in [1.165, 1.54) is 25.8 Å². The molecule has 2 aliphatic heterocycles. The average molecular weight is 225 g/mol. The molecular weight excluding hydrogens is 202 g/mol. The molecule has 4 heteroatoms. The Bertz CT molecular complexity index is 238. The summed E-state index contributed by atoms with van der Waals surface area (Å²) in [7, 11) is 2.14. The molecule has 0 spiro atoms. The first kappa shape index (κ1) is 11.9. The fourth-order valence-electron chi connectivity index (χ4n) is 2.64. The van der Waals surface area contributed by atoms with Crippen molar-refractivity contribution in [2.75, 3.05) is 33.2 Å². The Labute approximate surface area is 97.8 Å². The number of amides is 1. The Hall–Kier alpha value is -0.610. The lowest BCUT2D eigenvalue weighted by molar-refractivity contribution is -0.123. The number of carbonyl (C=O) groups excluding carboxylic acids is 1. The molecule has 0 radical (unpaired) electrons. The van der Waals surface area contributed by atoms with Crippen molar-refractivity contribution in [3.63, 3.8) is 0 Å². The highest BCUT2D eigenvalue weighted by molar-refractivity contribution is 5.81. The van der Waals surface area contributed by atoms with E-state index in [1.54, 1.807) is 0 Å². The van der Waals surface area contributed by atoms with Crippen molar-refractivity contribution in [3.8, 4) is 0 Å². The topological polar surface area (TPSA) is 44.4 Å². The van der Waals surface area contributed by atoms with E-state index in [4.69, 9.17) is 0 Å². The van der Waals surface area contributed by atoms with Crippen LogP contribution in [0.4, 0.5) is 0 Å². The van der Waals surface area contributed by atoms with Crippen LogP contribution in [0, 0.1) is 5.92 Å². The third kappa shape index (κ3) is 3.19. The van der Waals surface area contributed by atoms with Crippen LogP contribution in [-0.2, 0) is 4.79 Å². The zero-order valence-electron chi connectivity index (χ0n) is 10.2. The van der Waals surface area contributed by atoms with Gasteiger partial charge in [-0.3, -0.25) is 4.79 Å². The van der Waals surface area contributed by atoms with Crippen LogP contribution in [-0.4, -0.2) is 50.1 Å². The fraction of sp³-hybridized carbons (Fsp3) is 0.917. The van der Waals surface area contributed by atoms with Gasteiger partial charge in [0.2, 0.25) is 5.91 Å². The van der Waals surface area contributed by atoms with Crippen LogP contribution in [0.25, 0.3) is 0 Å². The number of nitrogens with zero attached hydrogens (tertiary/aromatic N) is 1. The van der Waals surface area contributed by atoms with Crippen molar-refractivity contribution < 1.29 is 4.79 Å². The molecule has 2 aliphatic rings. The van der Waals surface area contributed by atoms with Gasteiger partial charge in [-0.15, -0.1) is 0 Å². The second kappa shape index (κ2) is 5.64. The van der Waals surface area contributed by atoms with E-state index in [0.29, 0.717) is 5.92 Å². The largest absolute Gasteiger partial charge is 0.354 e. The minimum Gasteiger partial charge on any atom is -0.354 e. The first-order chi connectivity index (χ1) is 7.75. The number of nitrogens with one attached hydrogen (secondary N) is 2. The lowest BCUT2D eigenvalue weighted by atomic mass is 10.0. The molecule has 2 heterocycles. The van der Waals surface area contributed by atoms with Gasteiger partial charge in [0.15, 0.2) is 0 Å². The summed E-state index contributed by atoms with van der Waals surface area (Å²) in [5.41, 5.74) is 0. The summed E-state index contributed by atoms with van der Waals surface area (Å²) < 4.78 is 0. The molecule has 0 aromatic rings. The zero-order valence-corrected chi connectivity index (χ0v) is 10.2. The summed E-state index contributed by atoms with van der Waals surface area (Å²) in [5.74, 6) is 0.854. The molecule has 2 fully saturated rings. The van der Waals surface area contributed by atoms with Crippen molar-refractivity contribution in [2.24, 2.45) is 5.92 Å². The highest BCUT2D eigenvalue weighted by atomic mass is 16.2. The number of likely N-dealkylation sites (tertiary alicyclic amines) is 1. The van der Waals surface area contributed by atoms with Gasteiger partial charge in [0.1, 0.15) is 0 Å². The number of piperidine rings is 1. The Kier molecular flexibility index (Phi) is 4.18. The van der Waals surface area contributed by atoms with E-state index in [1.807, 2.05) is 0 Å². The quantitative estimate of drug-likeness (QED) is 0.721. The predicted molar refractivity (Wildman–Crippen MR) is 64.3 cm³/mol. The molecule has 0 aromatic heterocycles. The molecule has 0 bridgehead atoms. The standard InChI is InChI=1S/C12H23N3O/c1-15-7-5-10(9-15)8-14-12(16)11-4-2-3-6-13-11/h10-11,13H,2-9H2,1H3,(H,14,16)/t10?,11-/m1/s1. The summed E-state index contributed by atoms with van der Waals surface area (Å²) in [4.78, 5) is 14.2. The van der Waals surface area contributed by atoms with Gasteiger partial charge in [-0.2, -0.15) is 0 Å². The van der Waals surface area contributed by atoms with Crippen molar-refractivity contribution in [1.29, 1.82) is 0 Å². The maximum atomic E-state index is 11.8. The van der Waals surface area contributed by atoms with E-state index in [2.05, 4.69) is 22.6 Å². The van der Waals surface area contributed by atoms with Crippen molar-refractivity contribution in [1.82, 2.24) is 15.5 Å². The van der Waals surface area contributed by atoms with Crippen LogP contribution in [0.5, 0.6) is 0 Å². The van der Waals surface area contributed by atoms with Gasteiger partial charge in [0, 0.05) is 13.1 Å². The Balaban J connectivity index is 1.66. The summed E-state index contributed by atoms with van der Waals surface area (Å²) in [6.07, 6.45) is 4.60. The van der Waals surface area contributed by atoms with E-state index in [-0.39, 0.29) is 11.9 Å². The number of carbonyl (C=O) groups is 1. The molecule has 16 heavy (non-hydrogen) atoms. The molecule has 2 atom stereocenters. The van der Waals surface area contributed by atoms with Crippen LogP contribution in [0.1, 0.15) is 25.7 Å². The molecule has 0 aliphatic carbocycles. The maximum Gasteiger partial charge on any atom is 0.237 e. The third-order valence-electron chi connectivity index (χ3n) is 3.68. The lowest BCUT2D eigenvalue weighted by Crippen LogP contribution is -2.47. The first-order valence-corrected chi connectivity index (χ1v) is 6.45. The summed E-state index contributed by atoms with van der Waals surface area (Å²) in [6, 6.07) is 0.0629. The van der Waals surface area contributed by atoms with Crippen LogP contribution in [0.15, 0.2) is 0 Å². The van der Waals surface area contributed by atoms with E-state index in [9.17, 15) is 4.79 Å². The molecular formula is C12H23N3O. The molecule has 1 unspecified atom stereocenters. The van der Waals surface area contributed by atoms with Gasteiger partial charge in [0.25, 0.3) is 0 Å². The molecule has 1 amide bonds. The third-order valence-corrected chi connectivity index (χ3v) is 3.68. The van der Waals surface area contributed by atoms with Gasteiger partial charge in [0.05, 0.1) is 6.04 Å². The van der Waals surface area contributed by atoms with E-state index in [0.717, 1.165) is 26.1 Å². The van der Waals surface area contributed by atoms with Gasteiger partial charge in [-0.05, 0) is 45.3 Å². The van der Waals surface area contributed by atoms with Gasteiger partial charge in [-0.1, -0.05) is 6.42 Å². The highest BCUT2D eigenvalue weighted by Crippen LogP contribution is 2.13. The lowest BCUT2D eigenvalue weighted by Gasteiger charge is -2.23. The summed E-state index contributed by atoms with van der Waals surface area (Å²) in [5, 5.41) is 6.37. The van der Waals surface area contributed by atoms with Crippen molar-refractivity contribution in [2.45, 2.75) is 31.7 Å². The van der Waals surface area contributed by atoms with E-state index >= 15 is 0 Å². The van der Waals surface area contributed by atoms with Gasteiger partial charge >= 0.3 is 0 Å². The van der Waals surface area contributed by atoms with Crippen LogP contribution in [0.3, 0.4) is 0 Å². The summed E-state index contributed by atoms with van der Waals surface area (Å²) in [6.45, 7) is 4.13. The Morgan fingerprint density at radius 1 is 1.44 bits per heavy atom. The maximum absolute atomic E-state index is 11.8. The van der Waals surface area contributed by atoms with Crippen molar-refractivity contribution in [3.05, 3.63) is 0 Å². The first-order valence-electron chi connectivity index (χ1n) is 6.45. The molecule has 92 valence electrons. The molecule has 2 rings (SSSR count). The minimum atomic E-state index is 0.0629. The normalized spacial score (nSPS) is 31.6. The zero-order chi connectivity index (χ0) is 11.4. The number of rotatable bonds is 3. The SMILES string of the molecule is CN1CCC(CNC(=O)[C@H]2CCCCN2)C1.